The van der Waals surface area contributed by atoms with Crippen LogP contribution in [0.5, 0.6) is 0 Å². The summed E-state index contributed by atoms with van der Waals surface area (Å²) in [6.07, 6.45) is 0. The summed E-state index contributed by atoms with van der Waals surface area (Å²) in [7, 11) is 0. The lowest BCUT2D eigenvalue weighted by Crippen LogP contribution is -2.38. The Bertz CT molecular complexity index is 355. The van der Waals surface area contributed by atoms with Crippen LogP contribution in [-0.2, 0) is 5.54 Å². The van der Waals surface area contributed by atoms with E-state index < -0.39 is 23.8 Å². The maximum Gasteiger partial charge on any atom is 0.140 e. The number of halogens is 3. The average molecular weight is 266 g/mol. The van der Waals surface area contributed by atoms with Crippen molar-refractivity contribution >= 4 is 15.9 Å². The first-order valence-corrected chi connectivity index (χ1v) is 4.72. The van der Waals surface area contributed by atoms with E-state index in [1.807, 2.05) is 0 Å². The SMILES string of the molecule is C[C@](N)(CO)c1cc(Br)c(F)cc1F. The molecule has 0 aliphatic rings. The highest BCUT2D eigenvalue weighted by Crippen LogP contribution is 2.26. The molecule has 78 valence electrons. The Labute approximate surface area is 88.9 Å². The average Bonchev–Trinajstić information content (AvgIpc) is 2.11. The van der Waals surface area contributed by atoms with Gasteiger partial charge in [0.15, 0.2) is 0 Å². The number of hydrogen-bond donors (Lipinski definition) is 2. The summed E-state index contributed by atoms with van der Waals surface area (Å²) in [5, 5.41) is 8.93. The fourth-order valence-electron chi connectivity index (χ4n) is 1.05. The van der Waals surface area contributed by atoms with Gasteiger partial charge in [-0.15, -0.1) is 0 Å². The molecular formula is C9H10BrF2NO. The van der Waals surface area contributed by atoms with Gasteiger partial charge in [0.1, 0.15) is 11.6 Å². The van der Waals surface area contributed by atoms with Crippen molar-refractivity contribution < 1.29 is 13.9 Å². The van der Waals surface area contributed by atoms with E-state index in [0.29, 0.717) is 0 Å². The Morgan fingerprint density at radius 1 is 1.43 bits per heavy atom. The van der Waals surface area contributed by atoms with Crippen molar-refractivity contribution in [2.45, 2.75) is 12.5 Å². The Hall–Kier alpha value is -0.520. The molecule has 0 aliphatic carbocycles. The molecule has 14 heavy (non-hydrogen) atoms. The van der Waals surface area contributed by atoms with Gasteiger partial charge in [-0.2, -0.15) is 0 Å². The van der Waals surface area contributed by atoms with Crippen molar-refractivity contribution in [3.8, 4) is 0 Å². The molecule has 0 saturated carbocycles. The van der Waals surface area contributed by atoms with Crippen molar-refractivity contribution in [3.63, 3.8) is 0 Å². The molecule has 1 atom stereocenters. The van der Waals surface area contributed by atoms with Crippen LogP contribution in [0.1, 0.15) is 12.5 Å². The van der Waals surface area contributed by atoms with Crippen molar-refractivity contribution in [3.05, 3.63) is 33.8 Å². The van der Waals surface area contributed by atoms with Gasteiger partial charge < -0.3 is 10.8 Å². The molecule has 0 bridgehead atoms. The summed E-state index contributed by atoms with van der Waals surface area (Å²) in [6, 6.07) is 1.97. The van der Waals surface area contributed by atoms with E-state index in [-0.39, 0.29) is 10.0 Å². The lowest BCUT2D eigenvalue weighted by atomic mass is 9.94. The van der Waals surface area contributed by atoms with Crippen molar-refractivity contribution in [1.29, 1.82) is 0 Å². The third kappa shape index (κ3) is 2.10. The number of aliphatic hydroxyl groups excluding tert-OH is 1. The number of nitrogens with two attached hydrogens (primary N) is 1. The molecule has 0 aliphatic heterocycles. The zero-order valence-corrected chi connectivity index (χ0v) is 9.11. The van der Waals surface area contributed by atoms with E-state index in [1.54, 1.807) is 0 Å². The third-order valence-corrected chi connectivity index (χ3v) is 2.56. The molecule has 2 nitrogen and oxygen atoms in total. The van der Waals surface area contributed by atoms with Gasteiger partial charge in [0.05, 0.1) is 16.6 Å². The summed E-state index contributed by atoms with van der Waals surface area (Å²) >= 11 is 2.92. The number of benzene rings is 1. The second-order valence-electron chi connectivity index (χ2n) is 3.32. The van der Waals surface area contributed by atoms with Gasteiger partial charge in [-0.25, -0.2) is 8.78 Å². The van der Waals surface area contributed by atoms with E-state index in [1.165, 1.54) is 13.0 Å². The smallest absolute Gasteiger partial charge is 0.140 e. The zero-order chi connectivity index (χ0) is 10.9. The first-order chi connectivity index (χ1) is 6.38. The summed E-state index contributed by atoms with van der Waals surface area (Å²) in [5.41, 5.74) is 4.49. The molecule has 1 aromatic carbocycles. The van der Waals surface area contributed by atoms with Crippen LogP contribution in [0, 0.1) is 11.6 Å². The Morgan fingerprint density at radius 2 is 2.00 bits per heavy atom. The van der Waals surface area contributed by atoms with E-state index >= 15 is 0 Å². The second kappa shape index (κ2) is 3.92. The molecular weight excluding hydrogens is 256 g/mol. The van der Waals surface area contributed by atoms with Crippen LogP contribution >= 0.6 is 15.9 Å². The summed E-state index contributed by atoms with van der Waals surface area (Å²) in [6.45, 7) is 1.05. The zero-order valence-electron chi connectivity index (χ0n) is 7.52. The predicted molar refractivity (Wildman–Crippen MR) is 52.7 cm³/mol. The van der Waals surface area contributed by atoms with Crippen LogP contribution < -0.4 is 5.73 Å². The highest BCUT2D eigenvalue weighted by atomic mass is 79.9. The van der Waals surface area contributed by atoms with Gasteiger partial charge in [-0.1, -0.05) is 0 Å². The Balaban J connectivity index is 3.29. The molecule has 0 radical (unpaired) electrons. The molecule has 0 heterocycles. The third-order valence-electron chi connectivity index (χ3n) is 1.95. The molecule has 1 rings (SSSR count). The Kier molecular flexibility index (Phi) is 3.24. The van der Waals surface area contributed by atoms with Crippen LogP contribution in [-0.4, -0.2) is 11.7 Å². The van der Waals surface area contributed by atoms with Gasteiger partial charge in [0.2, 0.25) is 0 Å². The maximum atomic E-state index is 13.3. The summed E-state index contributed by atoms with van der Waals surface area (Å²) in [4.78, 5) is 0. The minimum atomic E-state index is -1.21. The number of aliphatic hydroxyl groups is 1. The topological polar surface area (TPSA) is 46.2 Å². The van der Waals surface area contributed by atoms with Gasteiger partial charge in [0, 0.05) is 11.6 Å². The van der Waals surface area contributed by atoms with E-state index in [2.05, 4.69) is 15.9 Å². The van der Waals surface area contributed by atoms with Gasteiger partial charge in [0.25, 0.3) is 0 Å². The molecule has 1 aromatic rings. The van der Waals surface area contributed by atoms with Crippen molar-refractivity contribution in [2.24, 2.45) is 5.73 Å². The van der Waals surface area contributed by atoms with E-state index in [0.717, 1.165) is 6.07 Å². The highest BCUT2D eigenvalue weighted by molar-refractivity contribution is 9.10. The van der Waals surface area contributed by atoms with Crippen LogP contribution in [0.2, 0.25) is 0 Å². The van der Waals surface area contributed by atoms with Crippen LogP contribution in [0.3, 0.4) is 0 Å². The number of rotatable bonds is 2. The van der Waals surface area contributed by atoms with Crippen molar-refractivity contribution in [2.75, 3.05) is 6.61 Å². The fourth-order valence-corrected chi connectivity index (χ4v) is 1.39. The molecule has 0 aromatic heterocycles. The highest BCUT2D eigenvalue weighted by Gasteiger charge is 2.25. The fraction of sp³-hybridized carbons (Fsp3) is 0.333. The maximum absolute atomic E-state index is 13.3. The van der Waals surface area contributed by atoms with Gasteiger partial charge >= 0.3 is 0 Å². The molecule has 0 saturated heterocycles. The van der Waals surface area contributed by atoms with Crippen LogP contribution in [0.4, 0.5) is 8.78 Å². The number of hydrogen-bond acceptors (Lipinski definition) is 2. The summed E-state index contributed by atoms with van der Waals surface area (Å²) < 4.78 is 26.2. The largest absolute Gasteiger partial charge is 0.394 e. The minimum absolute atomic E-state index is 0.0771. The summed E-state index contributed by atoms with van der Waals surface area (Å²) in [5.74, 6) is -1.45. The van der Waals surface area contributed by atoms with Crippen LogP contribution in [0.25, 0.3) is 0 Å². The van der Waals surface area contributed by atoms with E-state index in [9.17, 15) is 8.78 Å². The first-order valence-electron chi connectivity index (χ1n) is 3.93. The van der Waals surface area contributed by atoms with E-state index in [4.69, 9.17) is 10.8 Å². The minimum Gasteiger partial charge on any atom is -0.394 e. The Morgan fingerprint density at radius 3 is 2.50 bits per heavy atom. The van der Waals surface area contributed by atoms with Gasteiger partial charge in [-0.3, -0.25) is 0 Å². The molecule has 0 unspecified atom stereocenters. The normalized spacial score (nSPS) is 15.3. The predicted octanol–water partition coefficient (Wildman–Crippen LogP) is 1.89. The first kappa shape index (κ1) is 11.6. The quantitative estimate of drug-likeness (QED) is 0.803. The standard InChI is InChI=1S/C9H10BrF2NO/c1-9(13,4-14)5-2-6(10)8(12)3-7(5)11/h2-3,14H,4,13H2,1H3/t9-/m0/s1. The molecule has 0 amide bonds. The molecule has 5 heteroatoms. The molecule has 0 fully saturated rings. The second-order valence-corrected chi connectivity index (χ2v) is 4.18. The molecule has 3 N–H and O–H groups in total. The van der Waals surface area contributed by atoms with Crippen LogP contribution in [0.15, 0.2) is 16.6 Å². The molecule has 0 spiro atoms. The lowest BCUT2D eigenvalue weighted by Gasteiger charge is -2.23. The monoisotopic (exact) mass is 265 g/mol. The van der Waals surface area contributed by atoms with Gasteiger partial charge in [-0.05, 0) is 28.9 Å². The van der Waals surface area contributed by atoms with Crippen molar-refractivity contribution in [1.82, 2.24) is 0 Å². The lowest BCUT2D eigenvalue weighted by molar-refractivity contribution is 0.206.